The van der Waals surface area contributed by atoms with Crippen LogP contribution in [-0.4, -0.2) is 17.0 Å². The number of aromatic nitrogens is 2. The van der Waals surface area contributed by atoms with Crippen LogP contribution in [-0.2, 0) is 6.42 Å². The molecule has 1 aromatic carbocycles. The van der Waals surface area contributed by atoms with Gasteiger partial charge in [-0.15, -0.1) is 11.3 Å². The Kier molecular flexibility index (Phi) is 3.17. The van der Waals surface area contributed by atoms with E-state index in [0.29, 0.717) is 0 Å². The zero-order chi connectivity index (χ0) is 13.2. The van der Waals surface area contributed by atoms with Gasteiger partial charge in [0.25, 0.3) is 0 Å². The number of aryl methyl sites for hydroxylation is 1. The third kappa shape index (κ3) is 2.08. The first kappa shape index (κ1) is 12.1. The molecule has 0 spiro atoms. The van der Waals surface area contributed by atoms with Gasteiger partial charge in [0.15, 0.2) is 0 Å². The van der Waals surface area contributed by atoms with Crippen LogP contribution in [0.1, 0.15) is 12.7 Å². The first-order chi connectivity index (χ1) is 9.33. The molecule has 0 aliphatic rings. The van der Waals surface area contributed by atoms with Crippen molar-refractivity contribution in [3.8, 4) is 11.1 Å². The molecule has 0 atom stereocenters. The van der Waals surface area contributed by atoms with Gasteiger partial charge < -0.3 is 5.32 Å². The van der Waals surface area contributed by atoms with Crippen LogP contribution in [0.2, 0.25) is 0 Å². The average Bonchev–Trinajstić information content (AvgIpc) is 2.91. The summed E-state index contributed by atoms with van der Waals surface area (Å²) >= 11 is 1.68. The van der Waals surface area contributed by atoms with Crippen LogP contribution in [0, 0.1) is 0 Å². The third-order valence-electron chi connectivity index (χ3n) is 3.12. The molecular weight excluding hydrogens is 254 g/mol. The van der Waals surface area contributed by atoms with Gasteiger partial charge in [-0.25, -0.2) is 9.97 Å². The van der Waals surface area contributed by atoms with E-state index < -0.39 is 0 Å². The van der Waals surface area contributed by atoms with Gasteiger partial charge in [0.1, 0.15) is 16.5 Å². The molecule has 0 saturated carbocycles. The highest BCUT2D eigenvalue weighted by Crippen LogP contribution is 2.36. The van der Waals surface area contributed by atoms with Crippen molar-refractivity contribution < 1.29 is 0 Å². The van der Waals surface area contributed by atoms with E-state index in [-0.39, 0.29) is 0 Å². The van der Waals surface area contributed by atoms with E-state index in [1.54, 1.807) is 11.3 Å². The molecule has 2 heterocycles. The summed E-state index contributed by atoms with van der Waals surface area (Å²) in [4.78, 5) is 10.2. The summed E-state index contributed by atoms with van der Waals surface area (Å²) in [6.07, 6.45) is 0.850. The van der Waals surface area contributed by atoms with Gasteiger partial charge in [-0.1, -0.05) is 37.3 Å². The predicted octanol–water partition coefficient (Wildman–Crippen LogP) is 3.96. The summed E-state index contributed by atoms with van der Waals surface area (Å²) in [5, 5.41) is 6.48. The van der Waals surface area contributed by atoms with Gasteiger partial charge >= 0.3 is 0 Å². The number of rotatable bonds is 3. The van der Waals surface area contributed by atoms with E-state index in [4.69, 9.17) is 0 Å². The predicted molar refractivity (Wildman–Crippen MR) is 81.8 cm³/mol. The molecule has 3 rings (SSSR count). The number of anilines is 1. The molecule has 3 nitrogen and oxygen atoms in total. The van der Waals surface area contributed by atoms with E-state index in [9.17, 15) is 0 Å². The van der Waals surface area contributed by atoms with Gasteiger partial charge in [-0.3, -0.25) is 0 Å². The largest absolute Gasteiger partial charge is 0.372 e. The normalized spacial score (nSPS) is 10.8. The number of hydrogen-bond donors (Lipinski definition) is 1. The van der Waals surface area contributed by atoms with E-state index in [1.165, 1.54) is 11.1 Å². The number of benzene rings is 1. The Hall–Kier alpha value is -1.94. The number of nitrogens with one attached hydrogen (secondary N) is 1. The lowest BCUT2D eigenvalue weighted by atomic mass is 10.1. The van der Waals surface area contributed by atoms with Crippen LogP contribution in [0.25, 0.3) is 21.3 Å². The first-order valence-electron chi connectivity index (χ1n) is 6.34. The number of nitrogens with zero attached hydrogens (tertiary/aromatic N) is 2. The minimum absolute atomic E-state index is 0.850. The molecule has 2 aromatic heterocycles. The quantitative estimate of drug-likeness (QED) is 0.782. The summed E-state index contributed by atoms with van der Waals surface area (Å²) in [5.74, 6) is 1.81. The zero-order valence-corrected chi connectivity index (χ0v) is 11.8. The monoisotopic (exact) mass is 269 g/mol. The molecule has 1 N–H and O–H groups in total. The van der Waals surface area contributed by atoms with E-state index in [1.807, 2.05) is 13.1 Å². The van der Waals surface area contributed by atoms with Gasteiger partial charge in [0.2, 0.25) is 0 Å². The van der Waals surface area contributed by atoms with Crippen molar-refractivity contribution in [3.05, 3.63) is 41.5 Å². The Labute approximate surface area is 116 Å². The number of hydrogen-bond acceptors (Lipinski definition) is 4. The fourth-order valence-electron chi connectivity index (χ4n) is 2.16. The second-order valence-electron chi connectivity index (χ2n) is 4.29. The highest BCUT2D eigenvalue weighted by molar-refractivity contribution is 7.17. The summed E-state index contributed by atoms with van der Waals surface area (Å²) < 4.78 is 0. The molecule has 4 heteroatoms. The van der Waals surface area contributed by atoms with Crippen molar-refractivity contribution >= 4 is 27.4 Å². The maximum absolute atomic E-state index is 4.62. The number of fused-ring (bicyclic) bond motifs is 1. The van der Waals surface area contributed by atoms with Gasteiger partial charge in [0, 0.05) is 24.4 Å². The van der Waals surface area contributed by atoms with Crippen LogP contribution in [0.5, 0.6) is 0 Å². The average molecular weight is 269 g/mol. The van der Waals surface area contributed by atoms with Gasteiger partial charge in [-0.2, -0.15) is 0 Å². The molecule has 96 valence electrons. The summed E-state index contributed by atoms with van der Waals surface area (Å²) in [6.45, 7) is 2.08. The molecule has 0 aliphatic heterocycles. The minimum atomic E-state index is 0.850. The number of thiophene rings is 1. The molecule has 19 heavy (non-hydrogen) atoms. The molecule has 0 bridgehead atoms. The zero-order valence-electron chi connectivity index (χ0n) is 11.0. The maximum Gasteiger partial charge on any atom is 0.138 e. The highest BCUT2D eigenvalue weighted by atomic mass is 32.1. The van der Waals surface area contributed by atoms with Crippen LogP contribution < -0.4 is 5.32 Å². The van der Waals surface area contributed by atoms with E-state index >= 15 is 0 Å². The standard InChI is InChI=1S/C15H15N3S/c1-3-12-17-14(16-2)13-11(9-19-15(13)18-12)10-7-5-4-6-8-10/h4-9H,3H2,1-2H3,(H,16,17,18). The Balaban J connectivity index is 2.28. The lowest BCUT2D eigenvalue weighted by Crippen LogP contribution is -1.99. The third-order valence-corrected chi connectivity index (χ3v) is 3.99. The first-order valence-corrected chi connectivity index (χ1v) is 7.22. The lowest BCUT2D eigenvalue weighted by molar-refractivity contribution is 0.966. The van der Waals surface area contributed by atoms with Crippen molar-refractivity contribution in [2.45, 2.75) is 13.3 Å². The SMILES string of the molecule is CCc1nc(NC)c2c(-c3ccccc3)csc2n1. The summed E-state index contributed by atoms with van der Waals surface area (Å²) in [7, 11) is 1.91. The summed E-state index contributed by atoms with van der Waals surface area (Å²) in [6, 6.07) is 10.4. The lowest BCUT2D eigenvalue weighted by Gasteiger charge is -2.06. The molecule has 0 aliphatic carbocycles. The Morgan fingerprint density at radius 2 is 1.95 bits per heavy atom. The second-order valence-corrected chi connectivity index (χ2v) is 5.15. The molecule has 0 unspecified atom stereocenters. The van der Waals surface area contributed by atoms with Crippen molar-refractivity contribution in [2.75, 3.05) is 12.4 Å². The van der Waals surface area contributed by atoms with Crippen LogP contribution in [0.4, 0.5) is 5.82 Å². The molecule has 3 aromatic rings. The molecule has 0 saturated heterocycles. The second kappa shape index (κ2) is 4.97. The Morgan fingerprint density at radius 3 is 2.63 bits per heavy atom. The van der Waals surface area contributed by atoms with Crippen LogP contribution in [0.3, 0.4) is 0 Å². The Morgan fingerprint density at radius 1 is 1.16 bits per heavy atom. The van der Waals surface area contributed by atoms with Crippen LogP contribution in [0.15, 0.2) is 35.7 Å². The molecule has 0 amide bonds. The smallest absolute Gasteiger partial charge is 0.138 e. The van der Waals surface area contributed by atoms with Crippen molar-refractivity contribution in [1.29, 1.82) is 0 Å². The molecule has 0 radical (unpaired) electrons. The van der Waals surface area contributed by atoms with Gasteiger partial charge in [0.05, 0.1) is 5.39 Å². The fourth-order valence-corrected chi connectivity index (χ4v) is 3.12. The van der Waals surface area contributed by atoms with Gasteiger partial charge in [-0.05, 0) is 5.56 Å². The molecular formula is C15H15N3S. The fraction of sp³-hybridized carbons (Fsp3) is 0.200. The van der Waals surface area contributed by atoms with Crippen molar-refractivity contribution in [2.24, 2.45) is 0 Å². The van der Waals surface area contributed by atoms with Crippen LogP contribution >= 0.6 is 11.3 Å². The summed E-state index contributed by atoms with van der Waals surface area (Å²) in [5.41, 5.74) is 2.41. The minimum Gasteiger partial charge on any atom is -0.372 e. The van der Waals surface area contributed by atoms with E-state index in [2.05, 4.69) is 51.9 Å². The highest BCUT2D eigenvalue weighted by Gasteiger charge is 2.13. The Bertz CT molecular complexity index is 704. The topological polar surface area (TPSA) is 37.8 Å². The van der Waals surface area contributed by atoms with Crippen molar-refractivity contribution in [1.82, 2.24) is 9.97 Å². The molecule has 0 fully saturated rings. The maximum atomic E-state index is 4.62. The van der Waals surface area contributed by atoms with Crippen molar-refractivity contribution in [3.63, 3.8) is 0 Å². The van der Waals surface area contributed by atoms with E-state index in [0.717, 1.165) is 28.3 Å².